The minimum absolute atomic E-state index is 0.0598. The molecule has 28 heavy (non-hydrogen) atoms. The van der Waals surface area contributed by atoms with Crippen molar-refractivity contribution in [3.05, 3.63) is 72.1 Å². The molecule has 3 rings (SSSR count). The van der Waals surface area contributed by atoms with E-state index in [1.165, 1.54) is 0 Å². The first-order chi connectivity index (χ1) is 13.5. The average molecular weight is 418 g/mol. The Hall–Kier alpha value is -2.65. The van der Waals surface area contributed by atoms with Gasteiger partial charge < -0.3 is 9.30 Å². The highest BCUT2D eigenvalue weighted by atomic mass is 32.2. The zero-order chi connectivity index (χ0) is 20.0. The second-order valence-corrected chi connectivity index (χ2v) is 8.90. The summed E-state index contributed by atoms with van der Waals surface area (Å²) in [6.45, 7) is 0.208. The van der Waals surface area contributed by atoms with Crippen LogP contribution in [0.3, 0.4) is 0 Å². The number of rotatable bonds is 8. The van der Waals surface area contributed by atoms with Crippen LogP contribution in [0.15, 0.2) is 70.7 Å². The van der Waals surface area contributed by atoms with Crippen molar-refractivity contribution in [1.82, 2.24) is 14.8 Å². The molecule has 1 heterocycles. The lowest BCUT2D eigenvalue weighted by Crippen LogP contribution is -2.10. The molecule has 0 radical (unpaired) electrons. The SMILES string of the molecule is Cn1c(CS(=O)(=O)c2ccccc2)nnc1SCC(=O)OCc1ccccc1. The number of esters is 1. The van der Waals surface area contributed by atoms with Gasteiger partial charge in [-0.15, -0.1) is 10.2 Å². The molecule has 0 N–H and O–H groups in total. The summed E-state index contributed by atoms with van der Waals surface area (Å²) in [5.74, 6) is -0.275. The van der Waals surface area contributed by atoms with Gasteiger partial charge >= 0.3 is 5.97 Å². The first-order valence-electron chi connectivity index (χ1n) is 8.44. The number of thioether (sulfide) groups is 1. The molecule has 146 valence electrons. The van der Waals surface area contributed by atoms with Gasteiger partial charge in [-0.2, -0.15) is 0 Å². The molecular formula is C19H19N3O4S2. The second-order valence-electron chi connectivity index (χ2n) is 5.96. The lowest BCUT2D eigenvalue weighted by atomic mass is 10.2. The van der Waals surface area contributed by atoms with Crippen LogP contribution >= 0.6 is 11.8 Å². The minimum Gasteiger partial charge on any atom is -0.460 e. The monoisotopic (exact) mass is 417 g/mol. The summed E-state index contributed by atoms with van der Waals surface area (Å²) < 4.78 is 31.8. The smallest absolute Gasteiger partial charge is 0.316 e. The van der Waals surface area contributed by atoms with Crippen molar-refractivity contribution in [3.8, 4) is 0 Å². The summed E-state index contributed by atoms with van der Waals surface area (Å²) >= 11 is 1.15. The van der Waals surface area contributed by atoms with E-state index >= 15 is 0 Å². The van der Waals surface area contributed by atoms with Gasteiger partial charge in [0.2, 0.25) is 0 Å². The van der Waals surface area contributed by atoms with E-state index in [-0.39, 0.29) is 29.0 Å². The van der Waals surface area contributed by atoms with Crippen molar-refractivity contribution < 1.29 is 17.9 Å². The molecule has 0 atom stereocenters. The summed E-state index contributed by atoms with van der Waals surface area (Å²) in [4.78, 5) is 12.2. The third-order valence-corrected chi connectivity index (χ3v) is 6.53. The van der Waals surface area contributed by atoms with Gasteiger partial charge in [0.15, 0.2) is 15.0 Å². The van der Waals surface area contributed by atoms with Gasteiger partial charge in [0.1, 0.15) is 18.2 Å². The third-order valence-electron chi connectivity index (χ3n) is 3.91. The van der Waals surface area contributed by atoms with Crippen molar-refractivity contribution in [2.45, 2.75) is 22.4 Å². The Labute approximate surface area is 167 Å². The van der Waals surface area contributed by atoms with E-state index in [1.54, 1.807) is 41.9 Å². The first-order valence-corrected chi connectivity index (χ1v) is 11.1. The van der Waals surface area contributed by atoms with Gasteiger partial charge in [0.25, 0.3) is 0 Å². The molecule has 0 saturated heterocycles. The Morgan fingerprint density at radius 3 is 2.36 bits per heavy atom. The predicted octanol–water partition coefficient (Wildman–Crippen LogP) is 2.62. The van der Waals surface area contributed by atoms with Crippen LogP contribution in [0.2, 0.25) is 0 Å². The molecule has 7 nitrogen and oxygen atoms in total. The van der Waals surface area contributed by atoms with Crippen LogP contribution in [-0.2, 0) is 38.8 Å². The molecule has 1 aromatic heterocycles. The molecule has 9 heteroatoms. The Bertz CT molecular complexity index is 1040. The fraction of sp³-hybridized carbons (Fsp3) is 0.211. The Kier molecular flexibility index (Phi) is 6.48. The molecule has 0 aliphatic heterocycles. The maximum Gasteiger partial charge on any atom is 0.316 e. The van der Waals surface area contributed by atoms with Crippen LogP contribution in [0.25, 0.3) is 0 Å². The third kappa shape index (κ3) is 5.20. The van der Waals surface area contributed by atoms with E-state index in [0.29, 0.717) is 11.0 Å². The van der Waals surface area contributed by atoms with E-state index in [2.05, 4.69) is 10.2 Å². The fourth-order valence-corrected chi connectivity index (χ4v) is 4.44. The molecule has 0 bridgehead atoms. The fourth-order valence-electron chi connectivity index (χ4n) is 2.38. The number of carbonyl (C=O) groups excluding carboxylic acids is 1. The van der Waals surface area contributed by atoms with Crippen LogP contribution in [0.4, 0.5) is 0 Å². The van der Waals surface area contributed by atoms with Crippen molar-refractivity contribution in [2.75, 3.05) is 5.75 Å². The largest absolute Gasteiger partial charge is 0.460 e. The van der Waals surface area contributed by atoms with Crippen molar-refractivity contribution in [2.24, 2.45) is 7.05 Å². The van der Waals surface area contributed by atoms with E-state index in [9.17, 15) is 13.2 Å². The molecule has 0 saturated carbocycles. The molecular weight excluding hydrogens is 398 g/mol. The van der Waals surface area contributed by atoms with E-state index in [0.717, 1.165) is 17.3 Å². The molecule has 0 unspecified atom stereocenters. The highest BCUT2D eigenvalue weighted by Crippen LogP contribution is 2.20. The summed E-state index contributed by atoms with van der Waals surface area (Å²) in [5, 5.41) is 8.40. The summed E-state index contributed by atoms with van der Waals surface area (Å²) in [6, 6.07) is 17.6. The number of benzene rings is 2. The minimum atomic E-state index is -3.52. The topological polar surface area (TPSA) is 91.1 Å². The molecule has 0 aliphatic rings. The van der Waals surface area contributed by atoms with Gasteiger partial charge in [0.05, 0.1) is 10.6 Å². The van der Waals surface area contributed by atoms with E-state index < -0.39 is 9.84 Å². The van der Waals surface area contributed by atoms with Crippen LogP contribution < -0.4 is 0 Å². The molecule has 0 amide bonds. The molecule has 0 aliphatic carbocycles. The van der Waals surface area contributed by atoms with Crippen molar-refractivity contribution in [1.29, 1.82) is 0 Å². The van der Waals surface area contributed by atoms with E-state index in [4.69, 9.17) is 4.74 Å². The number of aromatic nitrogens is 3. The van der Waals surface area contributed by atoms with Crippen LogP contribution in [-0.4, -0.2) is 34.9 Å². The predicted molar refractivity (Wildman–Crippen MR) is 105 cm³/mol. The van der Waals surface area contributed by atoms with Gasteiger partial charge in [-0.25, -0.2) is 8.42 Å². The number of carbonyl (C=O) groups is 1. The lowest BCUT2D eigenvalue weighted by molar-refractivity contribution is -0.141. The van der Waals surface area contributed by atoms with Crippen molar-refractivity contribution in [3.63, 3.8) is 0 Å². The van der Waals surface area contributed by atoms with E-state index in [1.807, 2.05) is 30.3 Å². The number of ether oxygens (including phenoxy) is 1. The number of nitrogens with zero attached hydrogens (tertiary/aromatic N) is 3. The van der Waals surface area contributed by atoms with Gasteiger partial charge in [-0.05, 0) is 17.7 Å². The van der Waals surface area contributed by atoms with Gasteiger partial charge in [-0.3, -0.25) is 4.79 Å². The zero-order valence-electron chi connectivity index (χ0n) is 15.2. The lowest BCUT2D eigenvalue weighted by Gasteiger charge is -2.06. The standard InChI is InChI=1S/C19H19N3O4S2/c1-22-17(14-28(24,25)16-10-6-3-7-11-16)20-21-19(22)27-13-18(23)26-12-15-8-4-2-5-9-15/h2-11H,12-14H2,1H3. The average Bonchev–Trinajstić information content (AvgIpc) is 3.05. The second kappa shape index (κ2) is 9.03. The molecule has 0 fully saturated rings. The Morgan fingerprint density at radius 2 is 1.68 bits per heavy atom. The summed E-state index contributed by atoms with van der Waals surface area (Å²) in [6.07, 6.45) is 0. The van der Waals surface area contributed by atoms with Gasteiger partial charge in [-0.1, -0.05) is 60.3 Å². The molecule has 3 aromatic rings. The summed E-state index contributed by atoms with van der Waals surface area (Å²) in [5.41, 5.74) is 0.910. The highest BCUT2D eigenvalue weighted by molar-refractivity contribution is 7.99. The normalized spacial score (nSPS) is 11.3. The van der Waals surface area contributed by atoms with Crippen LogP contribution in [0.5, 0.6) is 0 Å². The van der Waals surface area contributed by atoms with Crippen molar-refractivity contribution >= 4 is 27.6 Å². The quantitative estimate of drug-likeness (QED) is 0.411. The molecule has 2 aromatic carbocycles. The zero-order valence-corrected chi connectivity index (χ0v) is 16.8. The highest BCUT2D eigenvalue weighted by Gasteiger charge is 2.20. The number of hydrogen-bond donors (Lipinski definition) is 0. The molecule has 0 spiro atoms. The van der Waals surface area contributed by atoms with Crippen LogP contribution in [0.1, 0.15) is 11.4 Å². The number of hydrogen-bond acceptors (Lipinski definition) is 7. The first kappa shape index (κ1) is 20.1. The number of sulfone groups is 1. The van der Waals surface area contributed by atoms with Gasteiger partial charge in [0, 0.05) is 7.05 Å². The maximum absolute atomic E-state index is 12.5. The van der Waals surface area contributed by atoms with Crippen LogP contribution in [0, 0.1) is 0 Å². The maximum atomic E-state index is 12.5. The Balaban J connectivity index is 1.56. The Morgan fingerprint density at radius 1 is 1.04 bits per heavy atom. The summed E-state index contributed by atoms with van der Waals surface area (Å²) in [7, 11) is -1.84.